The molecule has 0 amide bonds. The molecule has 4 heterocycles. The topological polar surface area (TPSA) is 45.5 Å². The second-order valence-corrected chi connectivity index (χ2v) is 19.1. The van der Waals surface area contributed by atoms with Crippen LogP contribution in [0, 0.1) is 0 Å². The Morgan fingerprint density at radius 2 is 0.486 bits per heavy atom. The number of imidazole rings is 2. The fraction of sp³-hybridized carbons (Fsp3) is 0. The standard InChI is InChI=1S/C68H44N6/c1-7-19-63-53(13-1)54-14-2-8-20-64(54)73(63)51-37-29-47(30-38-51)59-41-58(46-27-35-50(36-28-46)72-44-70-62-18-6-12-24-68(62)72)60(42-57(59)45-25-33-49(34-26-45)71-43-69-61-17-5-11-23-67(61)71)48-31-39-52(40-32-48)74-65-21-9-3-15-55(65)56-16-4-10-22-66(56)74/h1-44H. The molecule has 0 spiro atoms. The third-order valence-corrected chi connectivity index (χ3v) is 15.0. The first kappa shape index (κ1) is 41.7. The van der Waals surface area contributed by atoms with E-state index in [2.05, 4.69) is 261 Å². The number of hydrogen-bond donors (Lipinski definition) is 0. The fourth-order valence-corrected chi connectivity index (χ4v) is 11.5. The monoisotopic (exact) mass is 944 g/mol. The highest BCUT2D eigenvalue weighted by atomic mass is 15.1. The van der Waals surface area contributed by atoms with Crippen LogP contribution in [-0.4, -0.2) is 28.2 Å². The predicted octanol–water partition coefficient (Wildman–Crippen LogP) is 17.2. The molecule has 0 fully saturated rings. The molecule has 4 aromatic heterocycles. The van der Waals surface area contributed by atoms with Crippen molar-refractivity contribution in [3.8, 4) is 67.3 Å². The Bertz CT molecular complexity index is 4220. The molecule has 0 radical (unpaired) electrons. The molecular weight excluding hydrogens is 901 g/mol. The number of nitrogens with zero attached hydrogens (tertiary/aromatic N) is 6. The van der Waals surface area contributed by atoms with Crippen LogP contribution in [0.3, 0.4) is 0 Å². The van der Waals surface area contributed by atoms with E-state index in [1.807, 2.05) is 24.8 Å². The lowest BCUT2D eigenvalue weighted by atomic mass is 9.85. The molecule has 0 aliphatic rings. The molecule has 0 bridgehead atoms. The molecule has 6 heteroatoms. The van der Waals surface area contributed by atoms with Gasteiger partial charge in [-0.1, -0.05) is 146 Å². The maximum Gasteiger partial charge on any atom is 0.100 e. The van der Waals surface area contributed by atoms with Crippen LogP contribution in [0.25, 0.3) is 133 Å². The average Bonchev–Trinajstić information content (AvgIpc) is 4.27. The van der Waals surface area contributed by atoms with Gasteiger partial charge in [-0.2, -0.15) is 0 Å². The predicted molar refractivity (Wildman–Crippen MR) is 306 cm³/mol. The summed E-state index contributed by atoms with van der Waals surface area (Å²) in [6, 6.07) is 92.4. The number of benzene rings is 11. The molecule has 0 atom stereocenters. The minimum absolute atomic E-state index is 0.971. The lowest BCUT2D eigenvalue weighted by Crippen LogP contribution is -1.97. The van der Waals surface area contributed by atoms with Crippen LogP contribution in [0.15, 0.2) is 267 Å². The summed E-state index contributed by atoms with van der Waals surface area (Å²) in [6.07, 6.45) is 3.83. The lowest BCUT2D eigenvalue weighted by molar-refractivity contribution is 1.09. The highest BCUT2D eigenvalue weighted by Crippen LogP contribution is 2.44. The number of rotatable bonds is 8. The largest absolute Gasteiger partial charge is 0.309 e. The van der Waals surface area contributed by atoms with E-state index >= 15 is 0 Å². The van der Waals surface area contributed by atoms with Gasteiger partial charge in [0, 0.05) is 44.3 Å². The molecule has 74 heavy (non-hydrogen) atoms. The summed E-state index contributed by atoms with van der Waals surface area (Å²) in [4.78, 5) is 9.43. The maximum atomic E-state index is 4.71. The van der Waals surface area contributed by atoms with Gasteiger partial charge in [0.15, 0.2) is 0 Å². The summed E-state index contributed by atoms with van der Waals surface area (Å²) in [5.41, 5.74) is 22.3. The van der Waals surface area contributed by atoms with Crippen LogP contribution in [0.4, 0.5) is 0 Å². The first-order chi connectivity index (χ1) is 36.7. The van der Waals surface area contributed by atoms with Gasteiger partial charge in [-0.25, -0.2) is 9.97 Å². The fourth-order valence-electron chi connectivity index (χ4n) is 11.5. The van der Waals surface area contributed by atoms with E-state index in [4.69, 9.17) is 9.97 Å². The van der Waals surface area contributed by atoms with Gasteiger partial charge in [0.25, 0.3) is 0 Å². The van der Waals surface area contributed by atoms with Crippen molar-refractivity contribution < 1.29 is 0 Å². The third-order valence-electron chi connectivity index (χ3n) is 15.0. The van der Waals surface area contributed by atoms with Crippen LogP contribution in [0.5, 0.6) is 0 Å². The van der Waals surface area contributed by atoms with Crippen molar-refractivity contribution in [1.29, 1.82) is 0 Å². The number of hydrogen-bond acceptors (Lipinski definition) is 2. The first-order valence-electron chi connectivity index (χ1n) is 25.1. The lowest BCUT2D eigenvalue weighted by Gasteiger charge is -2.20. The van der Waals surface area contributed by atoms with Gasteiger partial charge >= 0.3 is 0 Å². The molecule has 0 saturated carbocycles. The summed E-state index contributed by atoms with van der Waals surface area (Å²) >= 11 is 0. The van der Waals surface area contributed by atoms with E-state index in [0.717, 1.165) is 89.3 Å². The number of aromatic nitrogens is 6. The van der Waals surface area contributed by atoms with Gasteiger partial charge in [0.2, 0.25) is 0 Å². The highest BCUT2D eigenvalue weighted by molar-refractivity contribution is 6.10. The summed E-state index contributed by atoms with van der Waals surface area (Å²) in [7, 11) is 0. The second-order valence-electron chi connectivity index (χ2n) is 19.1. The van der Waals surface area contributed by atoms with Gasteiger partial charge in [0.1, 0.15) is 12.7 Å². The molecule has 11 aromatic carbocycles. The van der Waals surface area contributed by atoms with Crippen LogP contribution < -0.4 is 0 Å². The summed E-state index contributed by atoms with van der Waals surface area (Å²) < 4.78 is 9.10. The van der Waals surface area contributed by atoms with Crippen molar-refractivity contribution in [3.05, 3.63) is 267 Å². The second kappa shape index (κ2) is 16.8. The molecule has 346 valence electrons. The molecule has 0 unspecified atom stereocenters. The zero-order valence-corrected chi connectivity index (χ0v) is 40.1. The van der Waals surface area contributed by atoms with Crippen LogP contribution in [0.1, 0.15) is 0 Å². The summed E-state index contributed by atoms with van der Waals surface area (Å²) in [6.45, 7) is 0. The Morgan fingerprint density at radius 1 is 0.230 bits per heavy atom. The molecule has 6 nitrogen and oxygen atoms in total. The average molecular weight is 945 g/mol. The Balaban J connectivity index is 0.925. The Morgan fingerprint density at radius 3 is 0.797 bits per heavy atom. The van der Waals surface area contributed by atoms with Gasteiger partial charge in [-0.15, -0.1) is 0 Å². The van der Waals surface area contributed by atoms with Crippen molar-refractivity contribution >= 4 is 65.7 Å². The molecule has 0 N–H and O–H groups in total. The summed E-state index contributed by atoms with van der Waals surface area (Å²) in [5.74, 6) is 0. The van der Waals surface area contributed by atoms with E-state index in [1.54, 1.807) is 0 Å². The van der Waals surface area contributed by atoms with Crippen LogP contribution in [-0.2, 0) is 0 Å². The molecule has 0 aliphatic carbocycles. The van der Waals surface area contributed by atoms with Crippen molar-refractivity contribution in [2.24, 2.45) is 0 Å². The maximum absolute atomic E-state index is 4.71. The quantitative estimate of drug-likeness (QED) is 0.152. The van der Waals surface area contributed by atoms with E-state index in [-0.39, 0.29) is 0 Å². The zero-order chi connectivity index (χ0) is 48.7. The Kier molecular flexibility index (Phi) is 9.47. The first-order valence-corrected chi connectivity index (χ1v) is 25.1. The van der Waals surface area contributed by atoms with E-state index in [0.29, 0.717) is 0 Å². The van der Waals surface area contributed by atoms with Crippen molar-refractivity contribution in [1.82, 2.24) is 28.2 Å². The van der Waals surface area contributed by atoms with Gasteiger partial charge < -0.3 is 9.13 Å². The highest BCUT2D eigenvalue weighted by Gasteiger charge is 2.20. The number of fused-ring (bicyclic) bond motifs is 8. The zero-order valence-electron chi connectivity index (χ0n) is 40.1. The molecule has 15 rings (SSSR count). The molecule has 15 aromatic rings. The van der Waals surface area contributed by atoms with Gasteiger partial charge in [-0.05, 0) is 154 Å². The minimum atomic E-state index is 0.971. The van der Waals surface area contributed by atoms with E-state index in [9.17, 15) is 0 Å². The van der Waals surface area contributed by atoms with Crippen LogP contribution >= 0.6 is 0 Å². The third kappa shape index (κ3) is 6.66. The van der Waals surface area contributed by atoms with Gasteiger partial charge in [0.05, 0.1) is 44.1 Å². The molecule has 0 aliphatic heterocycles. The SMILES string of the molecule is c1ccc2c(c1)ncn2-c1ccc(-c2cc(-c3ccc(-n4c5ccccc5c5ccccc54)cc3)c(-c3ccc(-n4cnc5ccccc54)cc3)cc2-c2ccc(-n3c4ccccc4c4ccccc43)cc2)cc1. The van der Waals surface area contributed by atoms with Crippen LogP contribution in [0.2, 0.25) is 0 Å². The van der Waals surface area contributed by atoms with E-state index in [1.165, 1.54) is 43.6 Å². The normalized spacial score (nSPS) is 11.8. The van der Waals surface area contributed by atoms with Crippen molar-refractivity contribution in [2.45, 2.75) is 0 Å². The number of para-hydroxylation sites is 8. The molecule has 0 saturated heterocycles. The molecular formula is C68H44N6. The Hall–Kier alpha value is -10.0. The Labute approximate surface area is 426 Å². The van der Waals surface area contributed by atoms with Crippen molar-refractivity contribution in [3.63, 3.8) is 0 Å². The van der Waals surface area contributed by atoms with Gasteiger partial charge in [-0.3, -0.25) is 9.13 Å². The smallest absolute Gasteiger partial charge is 0.100 e. The summed E-state index contributed by atoms with van der Waals surface area (Å²) in [5, 5.41) is 4.99. The van der Waals surface area contributed by atoms with Crippen molar-refractivity contribution in [2.75, 3.05) is 0 Å². The van der Waals surface area contributed by atoms with E-state index < -0.39 is 0 Å². The minimum Gasteiger partial charge on any atom is -0.309 e.